The zero-order valence-corrected chi connectivity index (χ0v) is 55.7. The number of para-hydroxylation sites is 1. The summed E-state index contributed by atoms with van der Waals surface area (Å²) < 4.78 is 70.0. The molecule has 0 aliphatic carbocycles. The Bertz CT molecular complexity index is 4460. The van der Waals surface area contributed by atoms with Gasteiger partial charge in [-0.05, 0) is 169 Å². The average molecular weight is 1360 g/mol. The number of aromatic carboxylic acids is 2. The van der Waals surface area contributed by atoms with Crippen molar-refractivity contribution in [1.82, 2.24) is 4.57 Å². The molecular weight excluding hydrogens is 1280 g/mol. The molecule has 0 radical (unpaired) electrons. The number of rotatable bonds is 22. The molecule has 510 valence electrons. The number of anilines is 1. The molecule has 8 aromatic carbocycles. The van der Waals surface area contributed by atoms with E-state index in [2.05, 4.69) is 128 Å². The van der Waals surface area contributed by atoms with Crippen LogP contribution >= 0.6 is 0 Å². The van der Waals surface area contributed by atoms with Crippen LogP contribution in [-0.4, -0.2) is 132 Å². The summed E-state index contributed by atoms with van der Waals surface area (Å²) in [5.41, 5.74) is 20.6. The predicted molar refractivity (Wildman–Crippen MR) is 376 cm³/mol. The number of aryl methyl sites for hydroxylation is 2. The summed E-state index contributed by atoms with van der Waals surface area (Å²) >= 11 is 0. The molecule has 23 nitrogen and oxygen atoms in total. The van der Waals surface area contributed by atoms with E-state index in [0.717, 1.165) is 30.8 Å². The van der Waals surface area contributed by atoms with Crippen LogP contribution < -0.4 is 35.5 Å². The van der Waals surface area contributed by atoms with Crippen LogP contribution in [0, 0.1) is 24.7 Å². The van der Waals surface area contributed by atoms with Crippen molar-refractivity contribution in [2.45, 2.75) is 39.5 Å². The first kappa shape index (κ1) is 75.4. The molecular formula is C72H79N7O16S2. The predicted octanol–water partition coefficient (Wildman–Crippen LogP) is 9.68. The summed E-state index contributed by atoms with van der Waals surface area (Å²) in [6, 6.07) is 54.7. The largest absolute Gasteiger partial charge is 0.872 e. The molecule has 10 rings (SSSR count). The normalized spacial score (nSPS) is 11.1. The van der Waals surface area contributed by atoms with E-state index in [1.165, 1.54) is 57.1 Å². The van der Waals surface area contributed by atoms with E-state index >= 15 is 0 Å². The highest BCUT2D eigenvalue weighted by Crippen LogP contribution is 2.38. The number of carboxylic acids is 2. The number of carboxylic acid groups (broad SMARTS) is 2. The molecule has 0 bridgehead atoms. The van der Waals surface area contributed by atoms with Crippen LogP contribution in [0.3, 0.4) is 0 Å². The number of fused-ring (bicyclic) bond motifs is 3. The number of aliphatic hydroxyl groups is 2. The summed E-state index contributed by atoms with van der Waals surface area (Å²) in [5, 5.41) is 76.5. The second kappa shape index (κ2) is 35.2. The van der Waals surface area contributed by atoms with Gasteiger partial charge in [-0.3, -0.25) is 19.9 Å². The van der Waals surface area contributed by atoms with Crippen LogP contribution in [0.25, 0.3) is 50.3 Å². The third-order valence-electron chi connectivity index (χ3n) is 15.0. The highest BCUT2D eigenvalue weighted by molar-refractivity contribution is 7.86. The number of phenols is 1. The van der Waals surface area contributed by atoms with Gasteiger partial charge in [0.25, 0.3) is 20.2 Å². The van der Waals surface area contributed by atoms with E-state index in [1.54, 1.807) is 72.8 Å². The zero-order chi connectivity index (χ0) is 71.1. The molecule has 25 heteroatoms. The van der Waals surface area contributed by atoms with E-state index in [0.29, 0.717) is 45.9 Å². The Hall–Kier alpha value is -10.7. The van der Waals surface area contributed by atoms with Crippen molar-refractivity contribution in [3.05, 3.63) is 232 Å². The SMILES string of the molecule is Cc1cc(C=Cc2ccc3cc(N(C)C)ccc3[n+]2C)c(C)n1-c1ccccc1.N=C(N)c1ccc(OCCCCCOc2ccc(C(=N)N)cc2)cc1.O=C(O)c1cc2ccccc2c(Cc2c(O)c(C(=O)O)cc3ccccc23)c1[O-].O=S(=O)(O)CCO.O=S(=O)(O)CCO. The summed E-state index contributed by atoms with van der Waals surface area (Å²) in [4.78, 5) is 25.3. The second-order valence-corrected chi connectivity index (χ2v) is 25.3. The number of aromatic hydroxyl groups is 1. The van der Waals surface area contributed by atoms with Crippen molar-refractivity contribution in [1.29, 1.82) is 10.8 Å². The Balaban J connectivity index is 0.000000209. The summed E-state index contributed by atoms with van der Waals surface area (Å²) in [5.74, 6) is -3.18. The summed E-state index contributed by atoms with van der Waals surface area (Å²) in [7, 11) is -1.57. The number of aliphatic hydroxyl groups excluding tert-OH is 2. The van der Waals surface area contributed by atoms with Gasteiger partial charge < -0.3 is 61.0 Å². The third kappa shape index (κ3) is 21.9. The molecule has 0 amide bonds. The van der Waals surface area contributed by atoms with Crippen LogP contribution in [0.5, 0.6) is 23.0 Å². The molecule has 97 heavy (non-hydrogen) atoms. The number of benzene rings is 8. The Morgan fingerprint density at radius 2 is 1.09 bits per heavy atom. The monoisotopic (exact) mass is 1360 g/mol. The van der Waals surface area contributed by atoms with Gasteiger partial charge in [-0.2, -0.15) is 21.4 Å². The zero-order valence-electron chi connectivity index (χ0n) is 54.1. The van der Waals surface area contributed by atoms with Gasteiger partial charge in [0, 0.05) is 83.6 Å². The fraction of sp³-hybridized carbons (Fsp3) is 0.208. The number of hydrogen-bond acceptors (Lipinski definition) is 15. The number of ether oxygens (including phenoxy) is 2. The van der Waals surface area contributed by atoms with Crippen LogP contribution in [0.15, 0.2) is 176 Å². The number of aromatic nitrogens is 2. The number of amidine groups is 2. The van der Waals surface area contributed by atoms with Gasteiger partial charge in [0.1, 0.15) is 41.5 Å². The number of unbranched alkanes of at least 4 members (excludes halogenated alkanes) is 2. The molecule has 13 N–H and O–H groups in total. The Labute approximate surface area is 562 Å². The van der Waals surface area contributed by atoms with Gasteiger partial charge in [-0.1, -0.05) is 72.5 Å². The fourth-order valence-electron chi connectivity index (χ4n) is 10.1. The van der Waals surface area contributed by atoms with Crippen molar-refractivity contribution in [2.75, 3.05) is 56.9 Å². The second-order valence-electron chi connectivity index (χ2n) is 22.2. The van der Waals surface area contributed by atoms with Gasteiger partial charge >= 0.3 is 11.9 Å². The molecule has 0 fully saturated rings. The number of pyridine rings is 1. The minimum absolute atomic E-state index is 0.0579. The maximum atomic E-state index is 12.9. The van der Waals surface area contributed by atoms with Crippen LogP contribution in [0.2, 0.25) is 0 Å². The highest BCUT2D eigenvalue weighted by Gasteiger charge is 2.21. The summed E-state index contributed by atoms with van der Waals surface area (Å²) in [6.45, 7) is 4.58. The van der Waals surface area contributed by atoms with Crippen LogP contribution in [0.4, 0.5) is 5.69 Å². The lowest BCUT2D eigenvalue weighted by molar-refractivity contribution is -0.646. The number of nitrogens with two attached hydrogens (primary N) is 2. The molecule has 0 aliphatic heterocycles. The van der Waals surface area contributed by atoms with E-state index in [9.17, 15) is 46.9 Å². The van der Waals surface area contributed by atoms with Gasteiger partial charge in [-0.15, -0.1) is 0 Å². The molecule has 0 atom stereocenters. The first-order valence-electron chi connectivity index (χ1n) is 30.2. The maximum absolute atomic E-state index is 12.9. The fourth-order valence-corrected chi connectivity index (χ4v) is 10.5. The Morgan fingerprint density at radius 1 is 0.608 bits per heavy atom. The first-order chi connectivity index (χ1) is 46.0. The van der Waals surface area contributed by atoms with E-state index in [-0.39, 0.29) is 40.3 Å². The summed E-state index contributed by atoms with van der Waals surface area (Å²) in [6.07, 6.45) is 7.22. The Kier molecular flexibility index (Phi) is 27.3. The van der Waals surface area contributed by atoms with Crippen molar-refractivity contribution in [2.24, 2.45) is 18.5 Å². The van der Waals surface area contributed by atoms with Crippen molar-refractivity contribution < 1.29 is 80.2 Å². The quantitative estimate of drug-likeness (QED) is 0.00988. The molecule has 0 saturated heterocycles. The highest BCUT2D eigenvalue weighted by atomic mass is 32.2. The number of hydrogen-bond donors (Lipinski definition) is 11. The van der Waals surface area contributed by atoms with Gasteiger partial charge in [0.2, 0.25) is 11.2 Å². The lowest BCUT2D eigenvalue weighted by atomic mass is 9.90. The molecule has 0 aliphatic rings. The molecule has 0 saturated carbocycles. The minimum atomic E-state index is -3.92. The molecule has 0 spiro atoms. The Morgan fingerprint density at radius 3 is 1.56 bits per heavy atom. The molecule has 2 heterocycles. The van der Waals surface area contributed by atoms with Crippen molar-refractivity contribution in [3.63, 3.8) is 0 Å². The lowest BCUT2D eigenvalue weighted by Crippen LogP contribution is -2.32. The maximum Gasteiger partial charge on any atom is 0.339 e. The molecule has 0 unspecified atom stereocenters. The van der Waals surface area contributed by atoms with Gasteiger partial charge in [-0.25, -0.2) is 9.59 Å². The lowest BCUT2D eigenvalue weighted by Gasteiger charge is -2.21. The van der Waals surface area contributed by atoms with Crippen molar-refractivity contribution in [3.8, 4) is 28.7 Å². The van der Waals surface area contributed by atoms with Crippen LogP contribution in [0.1, 0.15) is 84.9 Å². The number of carbonyl (C=O) groups is 2. The molecule has 10 aromatic rings. The van der Waals surface area contributed by atoms with Gasteiger partial charge in [0.05, 0.1) is 43.5 Å². The molecule has 2 aromatic heterocycles. The van der Waals surface area contributed by atoms with Gasteiger partial charge in [0.15, 0.2) is 0 Å². The van der Waals surface area contributed by atoms with Crippen LogP contribution in [-0.2, 0) is 33.7 Å². The standard InChI is InChI=1S/C26H28N3.C23H16O6.C19H24N4O2.2C2H6O4S/c1-19-17-21(20(2)29(19)24-9-7-6-8-10-24)11-13-23-14-12-22-18-25(27(3)4)15-16-26(22)28(23)5;24-20-16(14-7-3-1-5-12(14)9-18(20)22(26)27)11-17-15-8-4-2-6-13(15)10-19(21(17)25)23(28)29;20-18(21)14-4-8-16(9-5-14)24-12-2-1-3-13-25-17-10-6-15(7-11-17)19(22)23;2*3-1-2-7(4,5)6/h6-18H,1-5H3;1-10,24-25H,11H2,(H,26,27)(H,28,29);4-11H,1-3,12-13H2,(H3,20,21)(H3,22,23);2*3H,1-2H2,(H,4,5,6)/q+1;;;;/p-1. The smallest absolute Gasteiger partial charge is 0.339 e. The average Bonchev–Trinajstić information content (AvgIpc) is 1.40. The minimum Gasteiger partial charge on any atom is -0.872 e. The third-order valence-corrected chi connectivity index (χ3v) is 16.4. The van der Waals surface area contributed by atoms with E-state index in [1.807, 2.05) is 24.3 Å². The topological polar surface area (TPSA) is 397 Å². The van der Waals surface area contributed by atoms with E-state index in [4.69, 9.17) is 51.1 Å². The number of nitrogen functional groups attached to an aromatic ring is 2. The number of nitrogens with one attached hydrogen (secondary N) is 2. The van der Waals surface area contributed by atoms with Crippen molar-refractivity contribution >= 4 is 94.1 Å². The first-order valence-corrected chi connectivity index (χ1v) is 33.4. The number of nitrogens with zero attached hydrogens (tertiary/aromatic N) is 3. The van der Waals surface area contributed by atoms with E-state index < -0.39 is 68.4 Å².